The Morgan fingerprint density at radius 1 is 1.05 bits per heavy atom. The molecule has 1 N–H and O–H groups in total. The van der Waals surface area contributed by atoms with Crippen molar-refractivity contribution < 1.29 is 0 Å². The summed E-state index contributed by atoms with van der Waals surface area (Å²) in [7, 11) is 0. The Morgan fingerprint density at radius 3 is 2.68 bits per heavy atom. The summed E-state index contributed by atoms with van der Waals surface area (Å²) in [4.78, 5) is 11.8. The molecule has 4 aromatic rings. The van der Waals surface area contributed by atoms with Crippen LogP contribution < -0.4 is 0 Å². The molecular weight excluding hydrogens is 272 g/mol. The van der Waals surface area contributed by atoms with E-state index in [-0.39, 0.29) is 6.04 Å². The Labute approximate surface area is 128 Å². The molecule has 4 heteroatoms. The molecule has 108 valence electrons. The number of pyridine rings is 1. The lowest BCUT2D eigenvalue weighted by molar-refractivity contribution is 0.680. The van der Waals surface area contributed by atoms with Crippen LogP contribution in [0.4, 0.5) is 0 Å². The third-order valence-electron chi connectivity index (χ3n) is 4.10. The van der Waals surface area contributed by atoms with Crippen LogP contribution >= 0.6 is 0 Å². The number of aryl methyl sites for hydroxylation is 1. The minimum atomic E-state index is 0.0843. The largest absolute Gasteiger partial charge is 0.361 e. The van der Waals surface area contributed by atoms with Crippen molar-refractivity contribution in [3.63, 3.8) is 0 Å². The number of H-pyrrole nitrogens is 1. The molecule has 22 heavy (non-hydrogen) atoms. The van der Waals surface area contributed by atoms with Crippen LogP contribution in [0.3, 0.4) is 0 Å². The second kappa shape index (κ2) is 5.15. The minimum absolute atomic E-state index is 0.0843. The Balaban J connectivity index is 1.96. The smallest absolute Gasteiger partial charge is 0.0954 e. The first-order chi connectivity index (χ1) is 10.8. The molecule has 4 rings (SSSR count). The first-order valence-corrected chi connectivity index (χ1v) is 7.28. The highest BCUT2D eigenvalue weighted by Crippen LogP contribution is 2.32. The van der Waals surface area contributed by atoms with Gasteiger partial charge in [-0.25, -0.2) is 4.98 Å². The first-order valence-electron chi connectivity index (χ1n) is 7.28. The highest BCUT2D eigenvalue weighted by atomic mass is 15.1. The van der Waals surface area contributed by atoms with Crippen molar-refractivity contribution in [1.82, 2.24) is 19.5 Å². The molecule has 0 spiro atoms. The monoisotopic (exact) mass is 288 g/mol. The number of nitrogens with one attached hydrogen (secondary N) is 1. The second-order valence-electron chi connectivity index (χ2n) is 5.43. The number of aromatic nitrogens is 4. The third-order valence-corrected chi connectivity index (χ3v) is 4.10. The zero-order chi connectivity index (χ0) is 14.9. The van der Waals surface area contributed by atoms with E-state index in [4.69, 9.17) is 0 Å². The van der Waals surface area contributed by atoms with Crippen LogP contribution in [0.15, 0.2) is 67.6 Å². The van der Waals surface area contributed by atoms with E-state index in [0.717, 1.165) is 0 Å². The normalized spacial score (nSPS) is 12.6. The van der Waals surface area contributed by atoms with Crippen LogP contribution in [-0.4, -0.2) is 19.5 Å². The lowest BCUT2D eigenvalue weighted by atomic mass is 9.98. The zero-order valence-corrected chi connectivity index (χ0v) is 12.3. The van der Waals surface area contributed by atoms with E-state index in [1.165, 1.54) is 27.6 Å². The van der Waals surface area contributed by atoms with Gasteiger partial charge in [0.1, 0.15) is 0 Å². The second-order valence-corrected chi connectivity index (χ2v) is 5.43. The molecule has 0 aliphatic rings. The molecule has 0 saturated carbocycles. The van der Waals surface area contributed by atoms with Gasteiger partial charge in [-0.2, -0.15) is 0 Å². The van der Waals surface area contributed by atoms with E-state index < -0.39 is 0 Å². The standard InChI is InChI=1S/C18H16N4/c1-13-3-2-4-15-16(11-21-17(13)15)18(22-10-9-20-12-22)14-5-7-19-8-6-14/h2-12,18,21H,1H3. The van der Waals surface area contributed by atoms with Crippen LogP contribution in [0.25, 0.3) is 10.9 Å². The molecule has 0 saturated heterocycles. The molecule has 3 aromatic heterocycles. The quantitative estimate of drug-likeness (QED) is 0.624. The van der Waals surface area contributed by atoms with Gasteiger partial charge in [-0.05, 0) is 30.2 Å². The minimum Gasteiger partial charge on any atom is -0.361 e. The van der Waals surface area contributed by atoms with E-state index in [1.807, 2.05) is 31.1 Å². The molecular formula is C18H16N4. The van der Waals surface area contributed by atoms with Crippen molar-refractivity contribution in [1.29, 1.82) is 0 Å². The van der Waals surface area contributed by atoms with E-state index in [1.54, 1.807) is 0 Å². The molecule has 0 amide bonds. The van der Waals surface area contributed by atoms with Crippen LogP contribution in [0.2, 0.25) is 0 Å². The van der Waals surface area contributed by atoms with Crippen LogP contribution in [-0.2, 0) is 0 Å². The maximum Gasteiger partial charge on any atom is 0.0954 e. The van der Waals surface area contributed by atoms with Gasteiger partial charge in [-0.1, -0.05) is 18.2 Å². The molecule has 0 radical (unpaired) electrons. The maximum atomic E-state index is 4.21. The third kappa shape index (κ3) is 2.00. The van der Waals surface area contributed by atoms with Crippen molar-refractivity contribution >= 4 is 10.9 Å². The fourth-order valence-corrected chi connectivity index (χ4v) is 3.03. The summed E-state index contributed by atoms with van der Waals surface area (Å²) in [5.41, 5.74) is 4.87. The van der Waals surface area contributed by atoms with Gasteiger partial charge in [0.15, 0.2) is 0 Å². The van der Waals surface area contributed by atoms with Gasteiger partial charge in [-0.3, -0.25) is 4.98 Å². The predicted molar refractivity (Wildman–Crippen MR) is 86.7 cm³/mol. The predicted octanol–water partition coefficient (Wildman–Crippen LogP) is 3.71. The van der Waals surface area contributed by atoms with Crippen LogP contribution in [0.1, 0.15) is 22.7 Å². The van der Waals surface area contributed by atoms with Crippen molar-refractivity contribution in [2.75, 3.05) is 0 Å². The van der Waals surface area contributed by atoms with Crippen molar-refractivity contribution in [3.05, 3.63) is 84.3 Å². The SMILES string of the molecule is Cc1cccc2c(C(c3ccncc3)n3ccnc3)c[nH]c12. The summed E-state index contributed by atoms with van der Waals surface area (Å²) in [6.45, 7) is 2.13. The number of para-hydroxylation sites is 1. The van der Waals surface area contributed by atoms with E-state index in [0.29, 0.717) is 0 Å². The van der Waals surface area contributed by atoms with Gasteiger partial charge < -0.3 is 9.55 Å². The summed E-state index contributed by atoms with van der Waals surface area (Å²) in [5, 5.41) is 1.25. The number of hydrogen-bond acceptors (Lipinski definition) is 2. The Hall–Kier alpha value is -2.88. The fraction of sp³-hybridized carbons (Fsp3) is 0.111. The zero-order valence-electron chi connectivity index (χ0n) is 12.3. The Kier molecular flexibility index (Phi) is 3.00. The highest BCUT2D eigenvalue weighted by Gasteiger charge is 2.19. The summed E-state index contributed by atoms with van der Waals surface area (Å²) >= 11 is 0. The number of aromatic amines is 1. The number of hydrogen-bond donors (Lipinski definition) is 1. The Bertz CT molecular complexity index is 891. The van der Waals surface area contributed by atoms with E-state index in [9.17, 15) is 0 Å². The summed E-state index contributed by atoms with van der Waals surface area (Å²) in [6, 6.07) is 10.6. The van der Waals surface area contributed by atoms with Crippen LogP contribution in [0.5, 0.6) is 0 Å². The summed E-state index contributed by atoms with van der Waals surface area (Å²) in [6.07, 6.45) is 11.4. The number of nitrogens with zero attached hydrogens (tertiary/aromatic N) is 3. The molecule has 0 bridgehead atoms. The van der Waals surface area contributed by atoms with Gasteiger partial charge >= 0.3 is 0 Å². The average molecular weight is 288 g/mol. The van der Waals surface area contributed by atoms with Crippen LogP contribution in [0, 0.1) is 6.92 Å². The van der Waals surface area contributed by atoms with E-state index in [2.05, 4.69) is 63.0 Å². The summed E-state index contributed by atoms with van der Waals surface area (Å²) < 4.78 is 2.13. The number of rotatable bonds is 3. The van der Waals surface area contributed by atoms with Gasteiger partial charge in [-0.15, -0.1) is 0 Å². The molecule has 1 unspecified atom stereocenters. The molecule has 0 aliphatic heterocycles. The molecule has 0 aliphatic carbocycles. The average Bonchev–Trinajstić information content (AvgIpc) is 3.20. The van der Waals surface area contributed by atoms with Crippen molar-refractivity contribution in [3.8, 4) is 0 Å². The molecule has 0 fully saturated rings. The highest BCUT2D eigenvalue weighted by molar-refractivity contribution is 5.86. The van der Waals surface area contributed by atoms with Crippen molar-refractivity contribution in [2.45, 2.75) is 13.0 Å². The molecule has 1 aromatic carbocycles. The molecule has 3 heterocycles. The van der Waals surface area contributed by atoms with Gasteiger partial charge in [0, 0.05) is 47.5 Å². The lowest BCUT2D eigenvalue weighted by Gasteiger charge is -2.18. The number of imidazole rings is 1. The first kappa shape index (κ1) is 12.8. The van der Waals surface area contributed by atoms with Crippen molar-refractivity contribution in [2.24, 2.45) is 0 Å². The number of benzene rings is 1. The fourth-order valence-electron chi connectivity index (χ4n) is 3.03. The van der Waals surface area contributed by atoms with Gasteiger partial charge in [0.25, 0.3) is 0 Å². The van der Waals surface area contributed by atoms with Gasteiger partial charge in [0.2, 0.25) is 0 Å². The van der Waals surface area contributed by atoms with E-state index >= 15 is 0 Å². The Morgan fingerprint density at radius 2 is 1.91 bits per heavy atom. The number of fused-ring (bicyclic) bond motifs is 1. The molecule has 1 atom stereocenters. The topological polar surface area (TPSA) is 46.5 Å². The lowest BCUT2D eigenvalue weighted by Crippen LogP contribution is -2.10. The maximum absolute atomic E-state index is 4.21. The molecule has 4 nitrogen and oxygen atoms in total. The summed E-state index contributed by atoms with van der Waals surface area (Å²) in [5.74, 6) is 0. The van der Waals surface area contributed by atoms with Gasteiger partial charge in [0.05, 0.1) is 12.4 Å².